The number of hydrogen-bond acceptors (Lipinski definition) is 5. The van der Waals surface area contributed by atoms with Crippen molar-refractivity contribution in [2.75, 3.05) is 37.7 Å². The summed E-state index contributed by atoms with van der Waals surface area (Å²) in [5.74, 6) is 0.257. The normalized spacial score (nSPS) is 14.1. The van der Waals surface area contributed by atoms with Gasteiger partial charge in [-0.3, -0.25) is 0 Å². The van der Waals surface area contributed by atoms with Gasteiger partial charge in [-0.1, -0.05) is 24.3 Å². The van der Waals surface area contributed by atoms with E-state index in [1.807, 2.05) is 6.07 Å². The van der Waals surface area contributed by atoms with Crippen molar-refractivity contribution in [2.24, 2.45) is 0 Å². The molecule has 0 radical (unpaired) electrons. The minimum atomic E-state index is -4.37. The number of hydrogen-bond donors (Lipinski definition) is 2. The number of aliphatic hydroxyl groups is 1. The molecule has 33 heavy (non-hydrogen) atoms. The molecule has 2 aromatic carbocycles. The summed E-state index contributed by atoms with van der Waals surface area (Å²) in [6.07, 6.45) is -1.51. The minimum absolute atomic E-state index is 0.129. The molecule has 0 saturated heterocycles. The molecular formula is C25H30F3N3O2. The maximum absolute atomic E-state index is 12.5. The van der Waals surface area contributed by atoms with Gasteiger partial charge >= 0.3 is 6.18 Å². The first-order chi connectivity index (χ1) is 15.8. The fourth-order valence-electron chi connectivity index (χ4n) is 4.27. The molecule has 1 heterocycles. The molecule has 1 aliphatic rings. The van der Waals surface area contributed by atoms with Crippen LogP contribution in [0, 0.1) is 11.3 Å². The van der Waals surface area contributed by atoms with E-state index in [1.165, 1.54) is 5.56 Å². The Morgan fingerprint density at radius 1 is 1.27 bits per heavy atom. The highest BCUT2D eigenvalue weighted by Crippen LogP contribution is 2.33. The summed E-state index contributed by atoms with van der Waals surface area (Å²) in [6.45, 7) is 3.08. The SMILES string of the molecule is C[C@H](Cc1cc(C#N)c2c(c1)CCN2CCCO)NCCc1ccccc1OCC(F)(F)F. The number of aliphatic hydroxyl groups excluding tert-OH is 1. The van der Waals surface area contributed by atoms with Crippen molar-refractivity contribution < 1.29 is 23.0 Å². The Balaban J connectivity index is 1.56. The third-order valence-corrected chi connectivity index (χ3v) is 5.72. The number of halogens is 3. The molecule has 0 fully saturated rings. The second-order valence-corrected chi connectivity index (χ2v) is 8.40. The molecule has 0 aromatic heterocycles. The number of nitrogens with one attached hydrogen (secondary N) is 1. The van der Waals surface area contributed by atoms with Crippen molar-refractivity contribution in [1.29, 1.82) is 5.26 Å². The Labute approximate surface area is 192 Å². The van der Waals surface area contributed by atoms with Gasteiger partial charge in [0.25, 0.3) is 0 Å². The molecule has 0 amide bonds. The molecule has 178 valence electrons. The highest BCUT2D eigenvalue weighted by atomic mass is 19.4. The predicted octanol–water partition coefficient (Wildman–Crippen LogP) is 4.01. The van der Waals surface area contributed by atoms with Crippen LogP contribution in [0.25, 0.3) is 0 Å². The number of rotatable bonds is 11. The van der Waals surface area contributed by atoms with Crippen molar-refractivity contribution >= 4 is 5.69 Å². The number of fused-ring (bicyclic) bond motifs is 1. The van der Waals surface area contributed by atoms with Gasteiger partial charge in [0.05, 0.1) is 11.3 Å². The summed E-state index contributed by atoms with van der Waals surface area (Å²) in [5, 5.41) is 22.2. The van der Waals surface area contributed by atoms with E-state index < -0.39 is 12.8 Å². The topological polar surface area (TPSA) is 68.5 Å². The van der Waals surface area contributed by atoms with Crippen LogP contribution in [0.3, 0.4) is 0 Å². The van der Waals surface area contributed by atoms with Gasteiger partial charge in [0.15, 0.2) is 6.61 Å². The Morgan fingerprint density at radius 2 is 2.06 bits per heavy atom. The Hall–Kier alpha value is -2.76. The van der Waals surface area contributed by atoms with Crippen LogP contribution in [0.5, 0.6) is 5.75 Å². The van der Waals surface area contributed by atoms with E-state index in [0.717, 1.165) is 42.7 Å². The molecular weight excluding hydrogens is 431 g/mol. The van der Waals surface area contributed by atoms with Crippen LogP contribution in [0.2, 0.25) is 0 Å². The van der Waals surface area contributed by atoms with Crippen LogP contribution < -0.4 is 15.0 Å². The van der Waals surface area contributed by atoms with E-state index in [2.05, 4.69) is 29.3 Å². The molecule has 0 saturated carbocycles. The first-order valence-corrected chi connectivity index (χ1v) is 11.2. The van der Waals surface area contributed by atoms with Gasteiger partial charge in [-0.25, -0.2) is 0 Å². The third kappa shape index (κ3) is 7.11. The zero-order chi connectivity index (χ0) is 23.8. The first-order valence-electron chi connectivity index (χ1n) is 11.2. The van der Waals surface area contributed by atoms with Crippen LogP contribution in [-0.2, 0) is 19.3 Å². The van der Waals surface area contributed by atoms with Crippen LogP contribution >= 0.6 is 0 Å². The number of ether oxygens (including phenoxy) is 1. The highest BCUT2D eigenvalue weighted by Gasteiger charge is 2.28. The van der Waals surface area contributed by atoms with Gasteiger partial charge in [0.1, 0.15) is 11.8 Å². The third-order valence-electron chi connectivity index (χ3n) is 5.72. The Morgan fingerprint density at radius 3 is 2.79 bits per heavy atom. The quantitative estimate of drug-likeness (QED) is 0.529. The molecule has 5 nitrogen and oxygen atoms in total. The average Bonchev–Trinajstić information content (AvgIpc) is 3.18. The summed E-state index contributed by atoms with van der Waals surface area (Å²) in [5.41, 5.74) is 4.65. The van der Waals surface area contributed by atoms with Crippen molar-refractivity contribution in [3.8, 4) is 11.8 Å². The highest BCUT2D eigenvalue weighted by molar-refractivity contribution is 5.68. The number of benzene rings is 2. The van der Waals surface area contributed by atoms with E-state index in [1.54, 1.807) is 24.3 Å². The zero-order valence-corrected chi connectivity index (χ0v) is 18.8. The number of alkyl halides is 3. The number of anilines is 1. The van der Waals surface area contributed by atoms with Gasteiger partial charge in [0, 0.05) is 25.7 Å². The molecule has 2 N–H and O–H groups in total. The molecule has 0 bridgehead atoms. The van der Waals surface area contributed by atoms with Gasteiger partial charge in [-0.15, -0.1) is 0 Å². The van der Waals surface area contributed by atoms with E-state index in [0.29, 0.717) is 24.9 Å². The molecule has 3 rings (SSSR count). The first kappa shape index (κ1) is 24.9. The van der Waals surface area contributed by atoms with Crippen LogP contribution in [-0.4, -0.2) is 50.2 Å². The second kappa shape index (κ2) is 11.4. The van der Waals surface area contributed by atoms with Gasteiger partial charge in [-0.2, -0.15) is 18.4 Å². The van der Waals surface area contributed by atoms with E-state index in [-0.39, 0.29) is 18.4 Å². The van der Waals surface area contributed by atoms with Crippen molar-refractivity contribution in [3.63, 3.8) is 0 Å². The fraction of sp³-hybridized carbons (Fsp3) is 0.480. The monoisotopic (exact) mass is 461 g/mol. The van der Waals surface area contributed by atoms with Crippen LogP contribution in [0.15, 0.2) is 36.4 Å². The summed E-state index contributed by atoms with van der Waals surface area (Å²) >= 11 is 0. The maximum Gasteiger partial charge on any atom is 0.422 e. The Bertz CT molecular complexity index is 972. The van der Waals surface area contributed by atoms with E-state index >= 15 is 0 Å². The average molecular weight is 462 g/mol. The largest absolute Gasteiger partial charge is 0.484 e. The van der Waals surface area contributed by atoms with Gasteiger partial charge < -0.3 is 20.1 Å². The summed E-state index contributed by atoms with van der Waals surface area (Å²) < 4.78 is 42.4. The maximum atomic E-state index is 12.5. The molecule has 0 spiro atoms. The van der Waals surface area contributed by atoms with Crippen LogP contribution in [0.4, 0.5) is 18.9 Å². The predicted molar refractivity (Wildman–Crippen MR) is 122 cm³/mol. The molecule has 0 unspecified atom stereocenters. The van der Waals surface area contributed by atoms with E-state index in [4.69, 9.17) is 9.84 Å². The lowest BCUT2D eigenvalue weighted by atomic mass is 9.99. The summed E-state index contributed by atoms with van der Waals surface area (Å²) in [7, 11) is 0. The van der Waals surface area contributed by atoms with Gasteiger partial charge in [0.2, 0.25) is 0 Å². The number of nitrogens with zero attached hydrogens (tertiary/aromatic N) is 2. The minimum Gasteiger partial charge on any atom is -0.484 e. The molecule has 1 aliphatic heterocycles. The summed E-state index contributed by atoms with van der Waals surface area (Å²) in [4.78, 5) is 2.17. The van der Waals surface area contributed by atoms with Crippen molar-refractivity contribution in [1.82, 2.24) is 5.32 Å². The molecule has 1 atom stereocenters. The lowest BCUT2D eigenvalue weighted by molar-refractivity contribution is -0.153. The van der Waals surface area contributed by atoms with Crippen LogP contribution in [0.1, 0.15) is 35.6 Å². The standard InChI is InChI=1S/C25H30F3N3O2/c1-18(30-9-7-20-5-2-3-6-23(20)33-17-25(26,27)28)13-19-14-21-8-11-31(10-4-12-32)24(21)22(15-19)16-29/h2-3,5-6,14-15,18,30,32H,4,7-13,17H2,1H3/t18-/m1/s1. The zero-order valence-electron chi connectivity index (χ0n) is 18.8. The van der Waals surface area contributed by atoms with Crippen molar-refractivity contribution in [3.05, 3.63) is 58.7 Å². The summed E-state index contributed by atoms with van der Waals surface area (Å²) in [6, 6.07) is 13.3. The van der Waals surface area contributed by atoms with Gasteiger partial charge in [-0.05, 0) is 68.0 Å². The van der Waals surface area contributed by atoms with E-state index in [9.17, 15) is 18.4 Å². The van der Waals surface area contributed by atoms with Crippen molar-refractivity contribution in [2.45, 2.75) is 44.8 Å². The Kier molecular flexibility index (Phi) is 8.59. The molecule has 0 aliphatic carbocycles. The lowest BCUT2D eigenvalue weighted by Crippen LogP contribution is -2.30. The smallest absolute Gasteiger partial charge is 0.422 e. The lowest BCUT2D eigenvalue weighted by Gasteiger charge is -2.21. The fourth-order valence-corrected chi connectivity index (χ4v) is 4.27. The number of nitriles is 1. The number of para-hydroxylation sites is 1. The molecule has 2 aromatic rings. The molecule has 8 heteroatoms. The second-order valence-electron chi connectivity index (χ2n) is 8.40.